The molecule has 1 amide bonds. The van der Waals surface area contributed by atoms with Gasteiger partial charge in [-0.3, -0.25) is 4.79 Å². The molecule has 5 atom stereocenters. The van der Waals surface area contributed by atoms with Gasteiger partial charge in [0.25, 0.3) is 0 Å². The molecule has 0 aromatic heterocycles. The lowest BCUT2D eigenvalue weighted by molar-refractivity contribution is -0.361. The minimum absolute atomic E-state index is 0.272. The zero-order valence-electron chi connectivity index (χ0n) is 15.8. The van der Waals surface area contributed by atoms with Gasteiger partial charge in [0, 0.05) is 6.92 Å². The highest BCUT2D eigenvalue weighted by Crippen LogP contribution is 2.34. The topological polar surface area (TPSA) is 86.3 Å². The molecule has 7 nitrogen and oxygen atoms in total. The molecule has 1 aromatic carbocycles. The van der Waals surface area contributed by atoms with E-state index in [9.17, 15) is 9.90 Å². The maximum absolute atomic E-state index is 11.7. The Morgan fingerprint density at radius 1 is 1.35 bits per heavy atom. The Labute approximate surface area is 153 Å². The van der Waals surface area contributed by atoms with Crippen LogP contribution in [0.15, 0.2) is 18.2 Å². The van der Waals surface area contributed by atoms with Crippen molar-refractivity contribution in [3.63, 3.8) is 0 Å². The number of carbonyl (C=O) groups excluding carboxylic acids is 1. The predicted octanol–water partition coefficient (Wildman–Crippen LogP) is 1.42. The van der Waals surface area contributed by atoms with Gasteiger partial charge in [0.05, 0.1) is 6.61 Å². The van der Waals surface area contributed by atoms with Crippen molar-refractivity contribution >= 4 is 5.91 Å². The van der Waals surface area contributed by atoms with Crippen molar-refractivity contribution in [2.24, 2.45) is 0 Å². The number of aryl methyl sites for hydroxylation is 2. The number of amides is 1. The molecule has 0 aliphatic carbocycles. The van der Waals surface area contributed by atoms with Gasteiger partial charge in [0.1, 0.15) is 30.1 Å². The fourth-order valence-electron chi connectivity index (χ4n) is 3.29. The Balaban J connectivity index is 1.85. The Morgan fingerprint density at radius 3 is 2.77 bits per heavy atom. The SMILES string of the molecule is CC(=O)N[C@H]1[C@@H](Oc2cc(C)ccc2C)O[C@@H]2COC(C)(C)O[C@@H]2[C@@H]1O. The molecule has 0 spiro atoms. The van der Waals surface area contributed by atoms with E-state index in [-0.39, 0.29) is 12.5 Å². The van der Waals surface area contributed by atoms with Gasteiger partial charge in [0.2, 0.25) is 12.2 Å². The molecule has 7 heteroatoms. The van der Waals surface area contributed by atoms with Gasteiger partial charge in [-0.25, -0.2) is 0 Å². The summed E-state index contributed by atoms with van der Waals surface area (Å²) < 4.78 is 23.5. The fourth-order valence-corrected chi connectivity index (χ4v) is 3.29. The largest absolute Gasteiger partial charge is 0.462 e. The van der Waals surface area contributed by atoms with E-state index in [1.165, 1.54) is 6.92 Å². The van der Waals surface area contributed by atoms with Crippen molar-refractivity contribution in [3.05, 3.63) is 29.3 Å². The monoisotopic (exact) mass is 365 g/mol. The number of benzene rings is 1. The summed E-state index contributed by atoms with van der Waals surface area (Å²) in [7, 11) is 0. The van der Waals surface area contributed by atoms with Crippen molar-refractivity contribution in [1.82, 2.24) is 5.32 Å². The van der Waals surface area contributed by atoms with Crippen molar-refractivity contribution in [2.45, 2.75) is 71.0 Å². The number of aliphatic hydroxyl groups is 1. The third-order valence-electron chi connectivity index (χ3n) is 4.64. The Kier molecular flexibility index (Phi) is 5.25. The molecule has 0 radical (unpaired) electrons. The van der Waals surface area contributed by atoms with Crippen LogP contribution < -0.4 is 10.1 Å². The molecule has 0 unspecified atom stereocenters. The summed E-state index contributed by atoms with van der Waals surface area (Å²) in [5.74, 6) is -0.460. The second kappa shape index (κ2) is 7.15. The Morgan fingerprint density at radius 2 is 2.08 bits per heavy atom. The van der Waals surface area contributed by atoms with Gasteiger partial charge in [0.15, 0.2) is 5.79 Å². The summed E-state index contributed by atoms with van der Waals surface area (Å²) in [6.45, 7) is 9.12. The normalized spacial score (nSPS) is 33.2. The average Bonchev–Trinajstić information content (AvgIpc) is 2.54. The molecule has 144 valence electrons. The summed E-state index contributed by atoms with van der Waals surface area (Å²) >= 11 is 0. The first kappa shape index (κ1) is 19.1. The number of rotatable bonds is 3. The second-order valence-corrected chi connectivity index (χ2v) is 7.44. The highest BCUT2D eigenvalue weighted by atomic mass is 16.8. The van der Waals surface area contributed by atoms with Gasteiger partial charge in [-0.05, 0) is 44.9 Å². The van der Waals surface area contributed by atoms with Gasteiger partial charge < -0.3 is 29.4 Å². The number of nitrogens with one attached hydrogen (secondary N) is 1. The van der Waals surface area contributed by atoms with Crippen molar-refractivity contribution < 1.29 is 28.8 Å². The molecule has 0 bridgehead atoms. The first-order chi connectivity index (χ1) is 12.2. The molecular weight excluding hydrogens is 338 g/mol. The summed E-state index contributed by atoms with van der Waals surface area (Å²) in [4.78, 5) is 11.7. The van der Waals surface area contributed by atoms with E-state index in [4.69, 9.17) is 18.9 Å². The fraction of sp³-hybridized carbons (Fsp3) is 0.632. The molecule has 0 saturated carbocycles. The van der Waals surface area contributed by atoms with Gasteiger partial charge in [-0.2, -0.15) is 0 Å². The number of fused-ring (bicyclic) bond motifs is 1. The van der Waals surface area contributed by atoms with E-state index in [1.807, 2.05) is 32.0 Å². The van der Waals surface area contributed by atoms with Crippen LogP contribution in [0.5, 0.6) is 5.75 Å². The van der Waals surface area contributed by atoms with Crippen molar-refractivity contribution in [1.29, 1.82) is 0 Å². The van der Waals surface area contributed by atoms with Gasteiger partial charge in [-0.15, -0.1) is 0 Å². The lowest BCUT2D eigenvalue weighted by Gasteiger charge is -2.49. The number of hydrogen-bond donors (Lipinski definition) is 2. The van der Waals surface area contributed by atoms with Crippen LogP contribution in [0.2, 0.25) is 0 Å². The number of carbonyl (C=O) groups is 1. The third kappa shape index (κ3) is 4.01. The molecule has 2 aliphatic heterocycles. The third-order valence-corrected chi connectivity index (χ3v) is 4.64. The Bertz CT molecular complexity index is 676. The lowest BCUT2D eigenvalue weighted by Crippen LogP contribution is -2.69. The smallest absolute Gasteiger partial charge is 0.223 e. The quantitative estimate of drug-likeness (QED) is 0.843. The van der Waals surface area contributed by atoms with E-state index < -0.39 is 36.4 Å². The summed E-state index contributed by atoms with van der Waals surface area (Å²) in [5.41, 5.74) is 1.98. The van der Waals surface area contributed by atoms with Crippen LogP contribution in [0.25, 0.3) is 0 Å². The van der Waals surface area contributed by atoms with Crippen LogP contribution >= 0.6 is 0 Å². The van der Waals surface area contributed by atoms with Crippen molar-refractivity contribution in [2.75, 3.05) is 6.61 Å². The molecule has 2 saturated heterocycles. The number of ether oxygens (including phenoxy) is 4. The molecular formula is C19H27NO6. The van der Waals surface area contributed by atoms with Crippen LogP contribution in [0, 0.1) is 13.8 Å². The van der Waals surface area contributed by atoms with Gasteiger partial charge >= 0.3 is 0 Å². The van der Waals surface area contributed by atoms with Crippen LogP contribution in [0.3, 0.4) is 0 Å². The predicted molar refractivity (Wildman–Crippen MR) is 93.7 cm³/mol. The first-order valence-electron chi connectivity index (χ1n) is 8.82. The molecule has 3 rings (SSSR count). The van der Waals surface area contributed by atoms with E-state index in [1.54, 1.807) is 13.8 Å². The van der Waals surface area contributed by atoms with E-state index in [0.29, 0.717) is 5.75 Å². The maximum Gasteiger partial charge on any atom is 0.223 e. The minimum atomic E-state index is -0.990. The highest BCUT2D eigenvalue weighted by Gasteiger charge is 2.52. The maximum atomic E-state index is 11.7. The van der Waals surface area contributed by atoms with Crippen LogP contribution in [-0.2, 0) is 19.0 Å². The molecule has 2 fully saturated rings. The minimum Gasteiger partial charge on any atom is -0.462 e. The summed E-state index contributed by atoms with van der Waals surface area (Å²) in [6, 6.07) is 5.09. The molecule has 26 heavy (non-hydrogen) atoms. The highest BCUT2D eigenvalue weighted by molar-refractivity contribution is 5.73. The van der Waals surface area contributed by atoms with Gasteiger partial charge in [-0.1, -0.05) is 12.1 Å². The van der Waals surface area contributed by atoms with Crippen LogP contribution in [-0.4, -0.2) is 54.1 Å². The van der Waals surface area contributed by atoms with E-state index >= 15 is 0 Å². The standard InChI is InChI=1S/C19H27NO6/c1-10-6-7-11(2)13(8-10)24-18-15(20-12(3)21)16(22)17-14(25-18)9-23-19(4,5)26-17/h6-8,14-18,22H,9H2,1-5H3,(H,20,21)/t14-,15-,16-,17+,18+/m1/s1. The van der Waals surface area contributed by atoms with Crippen LogP contribution in [0.1, 0.15) is 31.9 Å². The molecule has 1 aromatic rings. The lowest BCUT2D eigenvalue weighted by atomic mass is 9.95. The summed E-state index contributed by atoms with van der Waals surface area (Å²) in [6.07, 6.45) is -2.95. The summed E-state index contributed by atoms with van der Waals surface area (Å²) in [5, 5.41) is 13.6. The number of aliphatic hydroxyl groups excluding tert-OH is 1. The molecule has 2 heterocycles. The average molecular weight is 365 g/mol. The zero-order chi connectivity index (χ0) is 19.1. The number of hydrogen-bond acceptors (Lipinski definition) is 6. The Hall–Kier alpha value is -1.67. The molecule has 2 N–H and O–H groups in total. The second-order valence-electron chi connectivity index (χ2n) is 7.44. The van der Waals surface area contributed by atoms with Crippen LogP contribution in [0.4, 0.5) is 0 Å². The van der Waals surface area contributed by atoms with E-state index in [0.717, 1.165) is 11.1 Å². The van der Waals surface area contributed by atoms with E-state index in [2.05, 4.69) is 5.32 Å². The first-order valence-corrected chi connectivity index (χ1v) is 8.82. The van der Waals surface area contributed by atoms with Crippen molar-refractivity contribution in [3.8, 4) is 5.75 Å². The zero-order valence-corrected chi connectivity index (χ0v) is 15.8. The molecule has 2 aliphatic rings.